The third kappa shape index (κ3) is 13.7. The van der Waals surface area contributed by atoms with E-state index in [2.05, 4.69) is 47.1 Å². The van der Waals surface area contributed by atoms with E-state index >= 15 is 0 Å². The van der Waals surface area contributed by atoms with Gasteiger partial charge in [-0.25, -0.2) is 29.9 Å². The molecule has 0 radical (unpaired) electrons. The van der Waals surface area contributed by atoms with Crippen molar-refractivity contribution in [2.24, 2.45) is 0 Å². The molecule has 42 heavy (non-hydrogen) atoms. The summed E-state index contributed by atoms with van der Waals surface area (Å²) in [5.74, 6) is 3.23. The number of rotatable bonds is 3. The number of H-pyrrole nitrogens is 6. The standard InChI is InChI=1S/3C8H9N3.6ClH.3H2O/c3*9-5-8-10-6-3-1-2-4-7(6)11-8;;;;;;;;;/h3*1-4H,5,9H2,(H,10,11);6*1H;3*1H2. The first kappa shape index (κ1) is 52.2. The lowest BCUT2D eigenvalue weighted by molar-refractivity contribution is -0.444. The van der Waals surface area contributed by atoms with Gasteiger partial charge in [-0.15, -0.1) is 0 Å². The van der Waals surface area contributed by atoms with Crippen LogP contribution in [0.25, 0.3) is 33.1 Å². The molecule has 0 saturated carbocycles. The van der Waals surface area contributed by atoms with E-state index < -0.39 is 0 Å². The van der Waals surface area contributed by atoms with Gasteiger partial charge in [-0.2, -0.15) is 0 Å². The minimum Gasteiger partial charge on any atom is -1.00 e. The highest BCUT2D eigenvalue weighted by molar-refractivity contribution is 5.71. The van der Waals surface area contributed by atoms with Crippen molar-refractivity contribution in [1.29, 1.82) is 0 Å². The lowest BCUT2D eigenvalue weighted by Crippen LogP contribution is -3.00. The number of fused-ring (bicyclic) bond motifs is 3. The van der Waals surface area contributed by atoms with E-state index in [4.69, 9.17) is 0 Å². The van der Waals surface area contributed by atoms with Gasteiger partial charge in [0.25, 0.3) is 0 Å². The molecule has 0 unspecified atom stereocenters. The zero-order chi connectivity index (χ0) is 23.0. The van der Waals surface area contributed by atoms with Crippen molar-refractivity contribution in [2.45, 2.75) is 19.6 Å². The number of benzene rings is 3. The number of para-hydroxylation sites is 6. The summed E-state index contributed by atoms with van der Waals surface area (Å²) >= 11 is 0. The predicted molar refractivity (Wildman–Crippen MR) is 135 cm³/mol. The van der Waals surface area contributed by atoms with Gasteiger partial charge in [0, 0.05) is 0 Å². The summed E-state index contributed by atoms with van der Waals surface area (Å²) in [6, 6.07) is 24.4. The first-order chi connectivity index (χ1) is 16.2. The molecule has 0 atom stereocenters. The van der Waals surface area contributed by atoms with E-state index in [1.807, 2.05) is 72.8 Å². The average Bonchev–Trinajstić information content (AvgIpc) is 3.59. The fourth-order valence-electron chi connectivity index (χ4n) is 3.55. The zero-order valence-electron chi connectivity index (χ0n) is 22.4. The Balaban J connectivity index is -0.000000105. The van der Waals surface area contributed by atoms with Gasteiger partial charge in [-0.3, -0.25) is 0 Å². The Morgan fingerprint density at radius 2 is 0.619 bits per heavy atom. The van der Waals surface area contributed by atoms with Crippen LogP contribution in [-0.4, -0.2) is 31.4 Å². The number of hydrogen-bond acceptors (Lipinski definition) is 0. The Hall–Kier alpha value is -2.43. The van der Waals surface area contributed by atoms with E-state index in [1.54, 1.807) is 0 Å². The van der Waals surface area contributed by atoms with Gasteiger partial charge >= 0.3 is 17.5 Å². The number of imidazole rings is 3. The predicted octanol–water partition coefficient (Wildman–Crippen LogP) is -21.3. The van der Waals surface area contributed by atoms with Crippen LogP contribution in [0.2, 0.25) is 0 Å². The highest BCUT2D eigenvalue weighted by atomic mass is 35.5. The van der Waals surface area contributed by atoms with Crippen LogP contribution in [0.5, 0.6) is 0 Å². The van der Waals surface area contributed by atoms with Crippen LogP contribution in [0, 0.1) is 0 Å². The molecule has 12 nitrogen and oxygen atoms in total. The summed E-state index contributed by atoms with van der Waals surface area (Å²) in [4.78, 5) is 19.4. The summed E-state index contributed by atoms with van der Waals surface area (Å²) < 4.78 is 0. The van der Waals surface area contributed by atoms with E-state index in [-0.39, 0.29) is 90.9 Å². The molecule has 0 aliphatic carbocycles. The smallest absolute Gasteiger partial charge is 0.309 e. The van der Waals surface area contributed by atoms with Crippen molar-refractivity contribution in [2.75, 3.05) is 0 Å². The highest BCUT2D eigenvalue weighted by Gasteiger charge is 2.08. The maximum absolute atomic E-state index is 3.79. The third-order valence-corrected chi connectivity index (χ3v) is 5.24. The molecule has 0 bridgehead atoms. The number of nitrogens with one attached hydrogen (secondary N) is 6. The van der Waals surface area contributed by atoms with Crippen molar-refractivity contribution in [3.63, 3.8) is 0 Å². The molecular formula is C24H39Cl6N9O3. The molecule has 18 heteroatoms. The molecule has 3 heterocycles. The monoisotopic (exact) mass is 711 g/mol. The number of aromatic nitrogens is 6. The molecule has 0 saturated heterocycles. The van der Waals surface area contributed by atoms with Crippen molar-refractivity contribution in [1.82, 2.24) is 15.0 Å². The van der Waals surface area contributed by atoms with Crippen molar-refractivity contribution >= 4 is 33.1 Å². The summed E-state index contributed by atoms with van der Waals surface area (Å²) in [6.07, 6.45) is 0. The summed E-state index contributed by atoms with van der Waals surface area (Å²) in [7, 11) is 0. The van der Waals surface area contributed by atoms with Crippen LogP contribution in [0.3, 0.4) is 0 Å². The largest absolute Gasteiger partial charge is 1.00 e. The topological polar surface area (TPSA) is 267 Å². The van der Waals surface area contributed by atoms with E-state index in [0.717, 1.165) is 70.2 Å². The first-order valence-electron chi connectivity index (χ1n) is 11.0. The summed E-state index contributed by atoms with van der Waals surface area (Å²) in [6.45, 7) is 2.32. The van der Waals surface area contributed by atoms with Gasteiger partial charge in [0.2, 0.25) is 0 Å². The number of quaternary nitrogens is 3. The fraction of sp³-hybridized carbons (Fsp3) is 0.125. The third-order valence-electron chi connectivity index (χ3n) is 5.24. The highest BCUT2D eigenvalue weighted by Crippen LogP contribution is 2.06. The Morgan fingerprint density at radius 1 is 0.405 bits per heavy atom. The Morgan fingerprint density at radius 3 is 0.810 bits per heavy atom. The van der Waals surface area contributed by atoms with Crippen molar-refractivity contribution in [3.8, 4) is 0 Å². The first-order valence-corrected chi connectivity index (χ1v) is 11.0. The van der Waals surface area contributed by atoms with Gasteiger partial charge in [0.15, 0.2) is 52.7 Å². The Labute approximate surface area is 279 Å². The molecule has 3 aromatic carbocycles. The van der Waals surface area contributed by atoms with Crippen LogP contribution in [-0.2, 0) is 19.6 Å². The molecule has 21 N–H and O–H groups in total. The molecule has 0 fully saturated rings. The van der Waals surface area contributed by atoms with E-state index in [9.17, 15) is 0 Å². The second kappa shape index (κ2) is 26.2. The molecule has 6 rings (SSSR count). The molecular weight excluding hydrogens is 675 g/mol. The fourth-order valence-corrected chi connectivity index (χ4v) is 3.55. The number of halogens is 6. The zero-order valence-corrected chi connectivity index (χ0v) is 27.0. The molecule has 0 spiro atoms. The van der Waals surface area contributed by atoms with Gasteiger partial charge in [-0.05, 0) is 36.4 Å². The molecule has 0 aliphatic heterocycles. The minimum absolute atomic E-state index is 0. The van der Waals surface area contributed by atoms with Crippen molar-refractivity contribution in [3.05, 3.63) is 90.3 Å². The second-order valence-corrected chi connectivity index (χ2v) is 7.57. The van der Waals surface area contributed by atoms with Crippen LogP contribution >= 0.6 is 0 Å². The molecule has 0 amide bonds. The normalized spacial score (nSPS) is 8.36. The van der Waals surface area contributed by atoms with Gasteiger partial charge in [-0.1, -0.05) is 36.4 Å². The quantitative estimate of drug-likeness (QED) is 0.0998. The molecule has 0 aliphatic rings. The maximum atomic E-state index is 3.79. The van der Waals surface area contributed by atoms with Gasteiger partial charge in [0.05, 0.1) is 0 Å². The Kier molecular flexibility index (Phi) is 32.6. The van der Waals surface area contributed by atoms with Gasteiger partial charge < -0.3 is 108 Å². The molecule has 3 aromatic heterocycles. The SMILES string of the molecule is O.O.O.[Cl-].[Cl-].[Cl-].[Cl-].[Cl-].[Cl-].[NH3+]Cc1[nH]c2ccccc2[nH+]1.[NH3+]Cc1[nH]c2ccccc2[nH+]1.[NH3+]Cc1[nH]c2ccccc2[nH+]1. The lowest BCUT2D eigenvalue weighted by atomic mass is 10.3. The molecule has 240 valence electrons. The van der Waals surface area contributed by atoms with E-state index in [0.29, 0.717) is 0 Å². The number of hydrogen-bond donors (Lipinski definition) is 6. The van der Waals surface area contributed by atoms with E-state index in [1.165, 1.54) is 0 Å². The second-order valence-electron chi connectivity index (χ2n) is 7.57. The van der Waals surface area contributed by atoms with Crippen LogP contribution < -0.4 is 107 Å². The van der Waals surface area contributed by atoms with Crippen LogP contribution in [0.15, 0.2) is 72.8 Å². The van der Waals surface area contributed by atoms with Gasteiger partial charge in [0.1, 0.15) is 0 Å². The van der Waals surface area contributed by atoms with Crippen LogP contribution in [0.1, 0.15) is 17.5 Å². The number of aromatic amines is 6. The summed E-state index contributed by atoms with van der Waals surface area (Å²) in [5, 5.41) is 0. The van der Waals surface area contributed by atoms with Crippen molar-refractivity contribution < 1.29 is 123 Å². The lowest BCUT2D eigenvalue weighted by Gasteiger charge is -1.76. The van der Waals surface area contributed by atoms with Crippen LogP contribution in [0.4, 0.5) is 0 Å². The summed E-state index contributed by atoms with van der Waals surface area (Å²) in [5.41, 5.74) is 18.2. The molecule has 6 aromatic rings. The Bertz CT molecular complexity index is 1210. The maximum Gasteiger partial charge on any atom is 0.309 e. The average molecular weight is 714 g/mol. The minimum atomic E-state index is 0.